The van der Waals surface area contributed by atoms with Gasteiger partial charge in [0.05, 0.1) is 0 Å². The summed E-state index contributed by atoms with van der Waals surface area (Å²) in [6, 6.07) is -0.308. The number of hydrogen-bond donors (Lipinski definition) is 2. The van der Waals surface area contributed by atoms with Gasteiger partial charge in [-0.1, -0.05) is 26.7 Å². The van der Waals surface area contributed by atoms with Gasteiger partial charge in [-0.2, -0.15) is 0 Å². The lowest BCUT2D eigenvalue weighted by atomic mass is 10.2. The molecule has 60 valence electrons. The zero-order valence-electron chi connectivity index (χ0n) is 6.37. The largest absolute Gasteiger partial charge is 0.351 e. The highest BCUT2D eigenvalue weighted by Gasteiger charge is 2.13. The average molecular weight is 162 g/mol. The van der Waals surface area contributed by atoms with Crippen molar-refractivity contribution in [3.05, 3.63) is 0 Å². The summed E-state index contributed by atoms with van der Waals surface area (Å²) in [5.41, 5.74) is 5.00. The van der Waals surface area contributed by atoms with Gasteiger partial charge in [0.1, 0.15) is 0 Å². The molecule has 0 rings (SSSR count). The lowest BCUT2D eigenvalue weighted by Gasteiger charge is -2.22. The minimum atomic E-state index is -0.475. The van der Waals surface area contributed by atoms with Gasteiger partial charge in [-0.3, -0.25) is 4.31 Å². The normalized spacial score (nSPS) is 10.0. The molecule has 0 aromatic rings. The molecular formula is C6H14N2OS. The van der Waals surface area contributed by atoms with Gasteiger partial charge in [-0.15, -0.1) is 0 Å². The van der Waals surface area contributed by atoms with Crippen LogP contribution in [0.4, 0.5) is 4.79 Å². The summed E-state index contributed by atoms with van der Waals surface area (Å²) >= 11 is 3.94. The highest BCUT2D eigenvalue weighted by molar-refractivity contribution is 7.78. The van der Waals surface area contributed by atoms with Gasteiger partial charge >= 0.3 is 6.03 Å². The Hall–Kier alpha value is -0.380. The van der Waals surface area contributed by atoms with E-state index in [0.717, 1.165) is 12.8 Å². The molecule has 0 saturated heterocycles. The molecule has 0 spiro atoms. The van der Waals surface area contributed by atoms with Crippen LogP contribution in [0.3, 0.4) is 0 Å². The Morgan fingerprint density at radius 1 is 1.60 bits per heavy atom. The predicted molar refractivity (Wildman–Crippen MR) is 44.8 cm³/mol. The second kappa shape index (κ2) is 4.44. The van der Waals surface area contributed by atoms with Gasteiger partial charge in [0, 0.05) is 6.04 Å². The molecule has 4 heteroatoms. The molecule has 0 atom stereocenters. The maximum Gasteiger partial charge on any atom is 0.324 e. The number of carbonyl (C=O) groups is 1. The molecule has 0 radical (unpaired) electrons. The van der Waals surface area contributed by atoms with Crippen LogP contribution < -0.4 is 5.73 Å². The Labute approximate surface area is 67.1 Å². The van der Waals surface area contributed by atoms with Crippen molar-refractivity contribution in [2.24, 2.45) is 5.73 Å². The fourth-order valence-corrected chi connectivity index (χ4v) is 1.14. The average Bonchev–Trinajstić information content (AvgIpc) is 1.90. The predicted octanol–water partition coefficient (Wildman–Crippen LogP) is 1.40. The van der Waals surface area contributed by atoms with Crippen molar-refractivity contribution < 1.29 is 4.79 Å². The van der Waals surface area contributed by atoms with Crippen molar-refractivity contribution in [2.45, 2.75) is 32.7 Å². The minimum absolute atomic E-state index is 0.167. The number of thiol groups is 1. The van der Waals surface area contributed by atoms with E-state index in [2.05, 4.69) is 12.8 Å². The van der Waals surface area contributed by atoms with E-state index in [-0.39, 0.29) is 6.04 Å². The van der Waals surface area contributed by atoms with Gasteiger partial charge in [-0.25, -0.2) is 4.79 Å². The number of amides is 2. The molecule has 0 aromatic carbocycles. The van der Waals surface area contributed by atoms with E-state index in [4.69, 9.17) is 5.73 Å². The lowest BCUT2D eigenvalue weighted by Crippen LogP contribution is -2.35. The maximum absolute atomic E-state index is 10.5. The van der Waals surface area contributed by atoms with Crippen LogP contribution in [-0.4, -0.2) is 16.4 Å². The third-order valence-electron chi connectivity index (χ3n) is 1.51. The Morgan fingerprint density at radius 3 is 2.10 bits per heavy atom. The van der Waals surface area contributed by atoms with Gasteiger partial charge in [0.2, 0.25) is 0 Å². The summed E-state index contributed by atoms with van der Waals surface area (Å²) in [6.45, 7) is 4.00. The van der Waals surface area contributed by atoms with Crippen LogP contribution in [0.5, 0.6) is 0 Å². The molecule has 0 heterocycles. The van der Waals surface area contributed by atoms with Crippen molar-refractivity contribution in [1.82, 2.24) is 4.31 Å². The van der Waals surface area contributed by atoms with E-state index in [1.807, 2.05) is 13.8 Å². The van der Waals surface area contributed by atoms with Crippen LogP contribution in [0.25, 0.3) is 0 Å². The second-order valence-corrected chi connectivity index (χ2v) is 2.58. The van der Waals surface area contributed by atoms with Crippen molar-refractivity contribution in [1.29, 1.82) is 0 Å². The number of nitrogens with two attached hydrogens (primary N) is 1. The third kappa shape index (κ3) is 2.47. The first-order valence-corrected chi connectivity index (χ1v) is 3.81. The first kappa shape index (κ1) is 9.62. The van der Waals surface area contributed by atoms with Crippen molar-refractivity contribution in [3.63, 3.8) is 0 Å². The zero-order chi connectivity index (χ0) is 8.15. The van der Waals surface area contributed by atoms with Crippen molar-refractivity contribution >= 4 is 18.8 Å². The fraction of sp³-hybridized carbons (Fsp3) is 0.833. The van der Waals surface area contributed by atoms with E-state index < -0.39 is 6.03 Å². The minimum Gasteiger partial charge on any atom is -0.351 e. The number of nitrogens with zero attached hydrogens (tertiary/aromatic N) is 1. The van der Waals surface area contributed by atoms with E-state index in [0.29, 0.717) is 0 Å². The highest BCUT2D eigenvalue weighted by atomic mass is 32.1. The Morgan fingerprint density at radius 2 is 2.00 bits per heavy atom. The van der Waals surface area contributed by atoms with Crippen LogP contribution in [0.15, 0.2) is 0 Å². The van der Waals surface area contributed by atoms with E-state index >= 15 is 0 Å². The fourth-order valence-electron chi connectivity index (χ4n) is 0.814. The Bertz CT molecular complexity index is 114. The highest BCUT2D eigenvalue weighted by Crippen LogP contribution is 2.09. The van der Waals surface area contributed by atoms with Gasteiger partial charge in [0.25, 0.3) is 0 Å². The summed E-state index contributed by atoms with van der Waals surface area (Å²) < 4.78 is 1.28. The molecule has 10 heavy (non-hydrogen) atoms. The standard InChI is InChI=1S/C6H14N2OS/c1-3-5(4-2)8(10)6(7)9/h5,10H,3-4H2,1-2H3,(H2,7,9). The number of rotatable bonds is 3. The maximum atomic E-state index is 10.5. The van der Waals surface area contributed by atoms with E-state index in [1.165, 1.54) is 4.31 Å². The molecule has 0 saturated carbocycles. The molecule has 0 aromatic heterocycles. The third-order valence-corrected chi connectivity index (χ3v) is 2.04. The Kier molecular flexibility index (Phi) is 4.27. The number of hydrogen-bond acceptors (Lipinski definition) is 2. The van der Waals surface area contributed by atoms with E-state index in [9.17, 15) is 4.79 Å². The molecule has 0 aliphatic rings. The van der Waals surface area contributed by atoms with Crippen molar-refractivity contribution in [3.8, 4) is 0 Å². The summed E-state index contributed by atoms with van der Waals surface area (Å²) in [5, 5.41) is 0. The second-order valence-electron chi connectivity index (χ2n) is 2.15. The summed E-state index contributed by atoms with van der Waals surface area (Å²) in [6.07, 6.45) is 1.78. The van der Waals surface area contributed by atoms with Gasteiger partial charge < -0.3 is 5.73 Å². The molecule has 0 bridgehead atoms. The summed E-state index contributed by atoms with van der Waals surface area (Å²) in [7, 11) is 0. The quantitative estimate of drug-likeness (QED) is 0.605. The lowest BCUT2D eigenvalue weighted by molar-refractivity contribution is 0.223. The number of carbonyl (C=O) groups excluding carboxylic acids is 1. The molecular weight excluding hydrogens is 148 g/mol. The molecule has 0 aliphatic carbocycles. The molecule has 2 N–H and O–H groups in total. The molecule has 0 unspecified atom stereocenters. The Balaban J connectivity index is 3.88. The van der Waals surface area contributed by atoms with Crippen LogP contribution in [0.2, 0.25) is 0 Å². The number of urea groups is 1. The van der Waals surface area contributed by atoms with Gasteiger partial charge in [0.15, 0.2) is 0 Å². The smallest absolute Gasteiger partial charge is 0.324 e. The van der Waals surface area contributed by atoms with Crippen LogP contribution in [0.1, 0.15) is 26.7 Å². The summed E-state index contributed by atoms with van der Waals surface area (Å²) in [5.74, 6) is 0. The first-order chi connectivity index (χ1) is 4.63. The van der Waals surface area contributed by atoms with E-state index in [1.54, 1.807) is 0 Å². The SMILES string of the molecule is CCC(CC)N(S)C(N)=O. The summed E-state index contributed by atoms with van der Waals surface area (Å²) in [4.78, 5) is 10.5. The van der Waals surface area contributed by atoms with Crippen LogP contribution in [-0.2, 0) is 0 Å². The van der Waals surface area contributed by atoms with Crippen molar-refractivity contribution in [2.75, 3.05) is 0 Å². The number of primary amides is 1. The van der Waals surface area contributed by atoms with Crippen LogP contribution >= 0.6 is 12.8 Å². The molecule has 0 fully saturated rings. The first-order valence-electron chi connectivity index (χ1n) is 3.41. The monoisotopic (exact) mass is 162 g/mol. The van der Waals surface area contributed by atoms with Crippen LogP contribution in [0, 0.1) is 0 Å². The zero-order valence-corrected chi connectivity index (χ0v) is 7.27. The van der Waals surface area contributed by atoms with Gasteiger partial charge in [-0.05, 0) is 12.8 Å². The molecule has 3 nitrogen and oxygen atoms in total. The molecule has 0 aliphatic heterocycles. The molecule has 2 amide bonds. The topological polar surface area (TPSA) is 46.3 Å².